The van der Waals surface area contributed by atoms with Crippen molar-refractivity contribution in [3.8, 4) is 5.75 Å². The highest BCUT2D eigenvalue weighted by Gasteiger charge is 2.14. The molecular formula is C17H18N2O4. The lowest BCUT2D eigenvalue weighted by Gasteiger charge is -2.09. The number of ether oxygens (including phenoxy) is 1. The Morgan fingerprint density at radius 3 is 2.61 bits per heavy atom. The summed E-state index contributed by atoms with van der Waals surface area (Å²) in [4.78, 5) is 22.2. The molecule has 0 unspecified atom stereocenters. The minimum atomic E-state index is -0.517. The smallest absolute Gasteiger partial charge is 0.292 e. The predicted molar refractivity (Wildman–Crippen MR) is 87.6 cm³/mol. The standard InChI is InChI=1S/C17H18N2O4/c1-13-7-2-5-10-16(13)23-12-6-11-17(20)18-14-8-3-4-9-15(14)19(21)22/h2-5,7-10H,6,11-12H2,1H3,(H,18,20). The first-order valence-electron chi connectivity index (χ1n) is 7.29. The summed E-state index contributed by atoms with van der Waals surface area (Å²) in [5.74, 6) is 0.527. The molecule has 23 heavy (non-hydrogen) atoms. The normalized spacial score (nSPS) is 10.1. The van der Waals surface area contributed by atoms with Crippen LogP contribution in [0.4, 0.5) is 11.4 Å². The van der Waals surface area contributed by atoms with Crippen LogP contribution in [-0.2, 0) is 4.79 Å². The van der Waals surface area contributed by atoms with E-state index >= 15 is 0 Å². The van der Waals surface area contributed by atoms with Crippen LogP contribution in [-0.4, -0.2) is 17.4 Å². The van der Waals surface area contributed by atoms with Crippen LogP contribution in [0.25, 0.3) is 0 Å². The summed E-state index contributed by atoms with van der Waals surface area (Å²) in [5.41, 5.74) is 1.14. The van der Waals surface area contributed by atoms with Gasteiger partial charge in [0.1, 0.15) is 11.4 Å². The maximum Gasteiger partial charge on any atom is 0.292 e. The largest absolute Gasteiger partial charge is 0.493 e. The summed E-state index contributed by atoms with van der Waals surface area (Å²) in [6, 6.07) is 13.7. The van der Waals surface area contributed by atoms with E-state index in [9.17, 15) is 14.9 Å². The van der Waals surface area contributed by atoms with Crippen molar-refractivity contribution in [2.75, 3.05) is 11.9 Å². The number of nitro benzene ring substituents is 1. The van der Waals surface area contributed by atoms with Gasteiger partial charge in [0.25, 0.3) is 5.69 Å². The number of rotatable bonds is 7. The van der Waals surface area contributed by atoms with Crippen LogP contribution in [0, 0.1) is 17.0 Å². The van der Waals surface area contributed by atoms with Crippen molar-refractivity contribution in [2.24, 2.45) is 0 Å². The molecule has 0 heterocycles. The van der Waals surface area contributed by atoms with Crippen LogP contribution < -0.4 is 10.1 Å². The maximum atomic E-state index is 11.9. The number of aryl methyl sites for hydroxylation is 1. The Labute approximate surface area is 134 Å². The lowest BCUT2D eigenvalue weighted by atomic mass is 10.2. The van der Waals surface area contributed by atoms with Gasteiger partial charge in [0.05, 0.1) is 11.5 Å². The summed E-state index contributed by atoms with van der Waals surface area (Å²) < 4.78 is 5.61. The van der Waals surface area contributed by atoms with Gasteiger partial charge in [-0.1, -0.05) is 30.3 Å². The van der Waals surface area contributed by atoms with Gasteiger partial charge in [-0.2, -0.15) is 0 Å². The van der Waals surface area contributed by atoms with Crippen LogP contribution in [0.3, 0.4) is 0 Å². The number of benzene rings is 2. The molecule has 0 aromatic heterocycles. The molecule has 0 fully saturated rings. The van der Waals surface area contributed by atoms with E-state index in [0.717, 1.165) is 11.3 Å². The van der Waals surface area contributed by atoms with E-state index in [4.69, 9.17) is 4.74 Å². The molecule has 0 aliphatic rings. The predicted octanol–water partition coefficient (Wildman–Crippen LogP) is 3.70. The number of para-hydroxylation sites is 3. The zero-order valence-corrected chi connectivity index (χ0v) is 12.8. The molecule has 2 aromatic rings. The summed E-state index contributed by atoms with van der Waals surface area (Å²) in [6.45, 7) is 2.37. The average molecular weight is 314 g/mol. The van der Waals surface area contributed by atoms with Gasteiger partial charge in [-0.15, -0.1) is 0 Å². The molecule has 1 amide bonds. The van der Waals surface area contributed by atoms with Crippen molar-refractivity contribution >= 4 is 17.3 Å². The molecule has 0 aliphatic carbocycles. The third-order valence-corrected chi connectivity index (χ3v) is 3.27. The number of carbonyl (C=O) groups is 1. The van der Waals surface area contributed by atoms with Crippen LogP contribution >= 0.6 is 0 Å². The van der Waals surface area contributed by atoms with Crippen molar-refractivity contribution in [2.45, 2.75) is 19.8 Å². The summed E-state index contributed by atoms with van der Waals surface area (Å²) in [7, 11) is 0. The monoisotopic (exact) mass is 314 g/mol. The van der Waals surface area contributed by atoms with Crippen molar-refractivity contribution in [3.63, 3.8) is 0 Å². The zero-order valence-electron chi connectivity index (χ0n) is 12.8. The van der Waals surface area contributed by atoms with E-state index in [0.29, 0.717) is 13.0 Å². The lowest BCUT2D eigenvalue weighted by Crippen LogP contribution is -2.14. The van der Waals surface area contributed by atoms with Crippen molar-refractivity contribution in [1.82, 2.24) is 0 Å². The van der Waals surface area contributed by atoms with Crippen LogP contribution in [0.1, 0.15) is 18.4 Å². The fourth-order valence-electron chi connectivity index (χ4n) is 2.08. The maximum absolute atomic E-state index is 11.9. The molecule has 0 atom stereocenters. The number of nitro groups is 1. The van der Waals surface area contributed by atoms with Gasteiger partial charge in [0.2, 0.25) is 5.91 Å². The Kier molecular flexibility index (Phi) is 5.68. The van der Waals surface area contributed by atoms with E-state index in [1.165, 1.54) is 12.1 Å². The second kappa shape index (κ2) is 7.93. The Morgan fingerprint density at radius 1 is 1.17 bits per heavy atom. The van der Waals surface area contributed by atoms with Crippen LogP contribution in [0.5, 0.6) is 5.75 Å². The Bertz CT molecular complexity index is 700. The molecule has 0 saturated carbocycles. The Morgan fingerprint density at radius 2 is 1.87 bits per heavy atom. The summed E-state index contributed by atoms with van der Waals surface area (Å²) >= 11 is 0. The number of nitrogens with one attached hydrogen (secondary N) is 1. The Balaban J connectivity index is 1.80. The zero-order chi connectivity index (χ0) is 16.7. The second-order valence-electron chi connectivity index (χ2n) is 5.04. The highest BCUT2D eigenvalue weighted by Crippen LogP contribution is 2.23. The first-order valence-corrected chi connectivity index (χ1v) is 7.29. The van der Waals surface area contributed by atoms with Crippen molar-refractivity contribution in [1.29, 1.82) is 0 Å². The molecule has 120 valence electrons. The quantitative estimate of drug-likeness (QED) is 0.480. The third kappa shape index (κ3) is 4.81. The van der Waals surface area contributed by atoms with E-state index < -0.39 is 4.92 Å². The molecule has 0 bridgehead atoms. The number of carbonyl (C=O) groups excluding carboxylic acids is 1. The number of hydrogen-bond donors (Lipinski definition) is 1. The highest BCUT2D eigenvalue weighted by molar-refractivity contribution is 5.92. The molecule has 2 aromatic carbocycles. The molecule has 0 aliphatic heterocycles. The van der Waals surface area contributed by atoms with E-state index in [-0.39, 0.29) is 23.7 Å². The van der Waals surface area contributed by atoms with Gasteiger partial charge < -0.3 is 10.1 Å². The van der Waals surface area contributed by atoms with E-state index in [2.05, 4.69) is 5.32 Å². The van der Waals surface area contributed by atoms with Gasteiger partial charge in [-0.25, -0.2) is 0 Å². The van der Waals surface area contributed by atoms with Gasteiger partial charge in [-0.3, -0.25) is 14.9 Å². The van der Waals surface area contributed by atoms with Crippen LogP contribution in [0.2, 0.25) is 0 Å². The first-order chi connectivity index (χ1) is 11.1. The third-order valence-electron chi connectivity index (χ3n) is 3.27. The summed E-state index contributed by atoms with van der Waals surface area (Å²) in [6.07, 6.45) is 0.763. The summed E-state index contributed by atoms with van der Waals surface area (Å²) in [5, 5.41) is 13.5. The van der Waals surface area contributed by atoms with E-state index in [1.54, 1.807) is 12.1 Å². The molecule has 0 spiro atoms. The Hall–Kier alpha value is -2.89. The number of amides is 1. The minimum Gasteiger partial charge on any atom is -0.493 e. The SMILES string of the molecule is Cc1ccccc1OCCCC(=O)Nc1ccccc1[N+](=O)[O-]. The van der Waals surface area contributed by atoms with Gasteiger partial charge in [-0.05, 0) is 31.0 Å². The molecule has 6 heteroatoms. The highest BCUT2D eigenvalue weighted by atomic mass is 16.6. The average Bonchev–Trinajstić information content (AvgIpc) is 2.53. The fourth-order valence-corrected chi connectivity index (χ4v) is 2.08. The molecular weight excluding hydrogens is 296 g/mol. The fraction of sp³-hybridized carbons (Fsp3) is 0.235. The topological polar surface area (TPSA) is 81.5 Å². The van der Waals surface area contributed by atoms with Crippen molar-refractivity contribution < 1.29 is 14.5 Å². The van der Waals surface area contributed by atoms with Crippen molar-refractivity contribution in [3.05, 3.63) is 64.2 Å². The lowest BCUT2D eigenvalue weighted by molar-refractivity contribution is -0.383. The molecule has 2 rings (SSSR count). The van der Waals surface area contributed by atoms with Crippen LogP contribution in [0.15, 0.2) is 48.5 Å². The number of anilines is 1. The van der Waals surface area contributed by atoms with Gasteiger partial charge in [0.15, 0.2) is 0 Å². The van der Waals surface area contributed by atoms with Gasteiger partial charge in [0, 0.05) is 12.5 Å². The second-order valence-corrected chi connectivity index (χ2v) is 5.04. The number of hydrogen-bond acceptors (Lipinski definition) is 4. The minimum absolute atomic E-state index is 0.114. The van der Waals surface area contributed by atoms with E-state index in [1.807, 2.05) is 31.2 Å². The first kappa shape index (κ1) is 16.5. The number of nitrogens with zero attached hydrogens (tertiary/aromatic N) is 1. The molecule has 0 saturated heterocycles. The molecule has 6 nitrogen and oxygen atoms in total. The molecule has 1 N–H and O–H groups in total. The van der Waals surface area contributed by atoms with Gasteiger partial charge >= 0.3 is 0 Å². The molecule has 0 radical (unpaired) electrons.